The van der Waals surface area contributed by atoms with Gasteiger partial charge in [0.2, 0.25) is 5.89 Å². The van der Waals surface area contributed by atoms with Gasteiger partial charge in [0.1, 0.15) is 6.17 Å². The molecule has 3 rings (SSSR count). The van der Waals surface area contributed by atoms with E-state index in [0.29, 0.717) is 37.6 Å². The normalized spacial score (nSPS) is 22.8. The molecule has 1 fully saturated rings. The average Bonchev–Trinajstić information content (AvgIpc) is 3.07. The number of nitrogens with zero attached hydrogens (tertiary/aromatic N) is 3. The minimum Gasteiger partial charge on any atom is -0.395 e. The van der Waals surface area contributed by atoms with Crippen molar-refractivity contribution in [1.29, 1.82) is 0 Å². The van der Waals surface area contributed by atoms with Crippen molar-refractivity contribution >= 4 is 0 Å². The Morgan fingerprint density at radius 1 is 1.33 bits per heavy atom. The number of aliphatic hydroxyl groups excluding tert-OH is 1. The molecule has 0 saturated carbocycles. The number of benzene rings is 1. The van der Waals surface area contributed by atoms with Crippen LogP contribution in [0, 0.1) is 0 Å². The van der Waals surface area contributed by atoms with Gasteiger partial charge in [-0.1, -0.05) is 35.5 Å². The molecule has 0 aliphatic carbocycles. The third kappa shape index (κ3) is 3.46. The van der Waals surface area contributed by atoms with E-state index >= 15 is 0 Å². The van der Waals surface area contributed by atoms with Crippen molar-refractivity contribution < 1.29 is 14.0 Å². The molecular weight excluding hydrogens is 273 g/mol. The molecule has 0 amide bonds. The summed E-state index contributed by atoms with van der Waals surface area (Å²) >= 11 is 0. The summed E-state index contributed by atoms with van der Waals surface area (Å²) in [7, 11) is 0. The standard InChI is InChI=1S/C15H18FN3O2/c16-12-7-13(10-20)19(8-12)9-15-17-14(18-21-15)6-11-4-2-1-3-5-11/h1-5,12-13,20H,6-10H2/t12-,13-/m0/s1. The maximum absolute atomic E-state index is 13.4. The van der Waals surface area contributed by atoms with Crippen molar-refractivity contribution in [2.24, 2.45) is 0 Å². The lowest BCUT2D eigenvalue weighted by atomic mass is 10.1. The number of aromatic nitrogens is 2. The summed E-state index contributed by atoms with van der Waals surface area (Å²) in [5, 5.41) is 13.2. The molecule has 0 spiro atoms. The molecule has 0 radical (unpaired) electrons. The first-order chi connectivity index (χ1) is 10.2. The molecule has 21 heavy (non-hydrogen) atoms. The molecular formula is C15H18FN3O2. The summed E-state index contributed by atoms with van der Waals surface area (Å²) in [5.41, 5.74) is 1.11. The lowest BCUT2D eigenvalue weighted by Crippen LogP contribution is -2.31. The van der Waals surface area contributed by atoms with E-state index in [2.05, 4.69) is 10.1 Å². The van der Waals surface area contributed by atoms with Crippen LogP contribution in [0.15, 0.2) is 34.9 Å². The molecule has 1 aliphatic heterocycles. The third-order valence-electron chi connectivity index (χ3n) is 3.74. The fourth-order valence-electron chi connectivity index (χ4n) is 2.68. The minimum absolute atomic E-state index is 0.0502. The van der Waals surface area contributed by atoms with Crippen LogP contribution >= 0.6 is 0 Å². The Labute approximate surface area is 122 Å². The maximum atomic E-state index is 13.4. The van der Waals surface area contributed by atoms with Gasteiger partial charge in [-0.2, -0.15) is 4.98 Å². The smallest absolute Gasteiger partial charge is 0.240 e. The number of halogens is 1. The molecule has 1 aromatic heterocycles. The van der Waals surface area contributed by atoms with E-state index in [9.17, 15) is 9.50 Å². The van der Waals surface area contributed by atoms with Crippen molar-refractivity contribution in [3.8, 4) is 0 Å². The molecule has 2 atom stereocenters. The summed E-state index contributed by atoms with van der Waals surface area (Å²) < 4.78 is 18.6. The largest absolute Gasteiger partial charge is 0.395 e. The van der Waals surface area contributed by atoms with Crippen LogP contribution in [0.2, 0.25) is 0 Å². The third-order valence-corrected chi connectivity index (χ3v) is 3.74. The number of aliphatic hydroxyl groups is 1. The van der Waals surface area contributed by atoms with Gasteiger partial charge in [-0.25, -0.2) is 4.39 Å². The van der Waals surface area contributed by atoms with E-state index in [1.807, 2.05) is 35.2 Å². The van der Waals surface area contributed by atoms with Crippen LogP contribution in [-0.4, -0.2) is 45.5 Å². The molecule has 0 unspecified atom stereocenters. The summed E-state index contributed by atoms with van der Waals surface area (Å²) in [6, 6.07) is 9.74. The monoisotopic (exact) mass is 291 g/mol. The van der Waals surface area contributed by atoms with Gasteiger partial charge >= 0.3 is 0 Å². The van der Waals surface area contributed by atoms with E-state index in [0.717, 1.165) is 5.56 Å². The minimum atomic E-state index is -0.895. The first kappa shape index (κ1) is 14.2. The molecule has 1 N–H and O–H groups in total. The van der Waals surface area contributed by atoms with Crippen molar-refractivity contribution in [2.75, 3.05) is 13.2 Å². The van der Waals surface area contributed by atoms with Crippen molar-refractivity contribution in [1.82, 2.24) is 15.0 Å². The van der Waals surface area contributed by atoms with E-state index in [-0.39, 0.29) is 12.6 Å². The number of hydrogen-bond acceptors (Lipinski definition) is 5. The predicted octanol–water partition coefficient (Wildman–Crippen LogP) is 1.57. The van der Waals surface area contributed by atoms with Gasteiger partial charge in [0.15, 0.2) is 5.82 Å². The number of alkyl halides is 1. The topological polar surface area (TPSA) is 62.4 Å². The fraction of sp³-hybridized carbons (Fsp3) is 0.467. The zero-order valence-electron chi connectivity index (χ0n) is 11.7. The van der Waals surface area contributed by atoms with Crippen LogP contribution < -0.4 is 0 Å². The van der Waals surface area contributed by atoms with Crippen LogP contribution in [-0.2, 0) is 13.0 Å². The second kappa shape index (κ2) is 6.32. The van der Waals surface area contributed by atoms with Crippen LogP contribution in [0.3, 0.4) is 0 Å². The van der Waals surface area contributed by atoms with E-state index < -0.39 is 6.17 Å². The lowest BCUT2D eigenvalue weighted by Gasteiger charge is -2.19. The zero-order valence-corrected chi connectivity index (χ0v) is 11.7. The lowest BCUT2D eigenvalue weighted by molar-refractivity contribution is 0.140. The quantitative estimate of drug-likeness (QED) is 0.906. The summed E-state index contributed by atoms with van der Waals surface area (Å²) in [6.07, 6.45) is 0.0787. The Hall–Kier alpha value is -1.79. The van der Waals surface area contributed by atoms with Gasteiger partial charge in [0, 0.05) is 19.0 Å². The Balaban J connectivity index is 1.63. The molecule has 2 aromatic rings. The number of rotatable bonds is 5. The van der Waals surface area contributed by atoms with E-state index in [1.165, 1.54) is 0 Å². The van der Waals surface area contributed by atoms with Crippen LogP contribution in [0.4, 0.5) is 4.39 Å². The van der Waals surface area contributed by atoms with E-state index in [1.54, 1.807) is 0 Å². The van der Waals surface area contributed by atoms with Gasteiger partial charge in [-0.15, -0.1) is 0 Å². The van der Waals surface area contributed by atoms with Crippen LogP contribution in [0.25, 0.3) is 0 Å². The highest BCUT2D eigenvalue weighted by Crippen LogP contribution is 2.22. The summed E-state index contributed by atoms with van der Waals surface area (Å²) in [6.45, 7) is 0.639. The Bertz CT molecular complexity index is 575. The Kier molecular flexibility index (Phi) is 4.26. The van der Waals surface area contributed by atoms with Gasteiger partial charge in [0.25, 0.3) is 0 Å². The zero-order chi connectivity index (χ0) is 14.7. The van der Waals surface area contributed by atoms with Crippen LogP contribution in [0.5, 0.6) is 0 Å². The molecule has 1 aromatic carbocycles. The first-order valence-corrected chi connectivity index (χ1v) is 7.09. The summed E-state index contributed by atoms with van der Waals surface area (Å²) in [5.74, 6) is 1.08. The SMILES string of the molecule is OC[C@@H]1C[C@H](F)CN1Cc1nc(Cc2ccccc2)no1. The van der Waals surface area contributed by atoms with Gasteiger partial charge in [-0.05, 0) is 12.0 Å². The Morgan fingerprint density at radius 3 is 2.90 bits per heavy atom. The van der Waals surface area contributed by atoms with Gasteiger partial charge in [0.05, 0.1) is 13.2 Å². The van der Waals surface area contributed by atoms with Gasteiger partial charge < -0.3 is 9.63 Å². The molecule has 112 valence electrons. The molecule has 2 heterocycles. The maximum Gasteiger partial charge on any atom is 0.240 e. The Morgan fingerprint density at radius 2 is 2.14 bits per heavy atom. The number of hydrogen-bond donors (Lipinski definition) is 1. The molecule has 5 nitrogen and oxygen atoms in total. The average molecular weight is 291 g/mol. The fourth-order valence-corrected chi connectivity index (χ4v) is 2.68. The van der Waals surface area contributed by atoms with E-state index in [4.69, 9.17) is 4.52 Å². The van der Waals surface area contributed by atoms with Crippen molar-refractivity contribution in [2.45, 2.75) is 31.6 Å². The van der Waals surface area contributed by atoms with Gasteiger partial charge in [-0.3, -0.25) is 4.90 Å². The second-order valence-electron chi connectivity index (χ2n) is 5.37. The molecule has 6 heteroatoms. The molecule has 1 aliphatic rings. The highest BCUT2D eigenvalue weighted by molar-refractivity contribution is 5.18. The number of likely N-dealkylation sites (tertiary alicyclic amines) is 1. The molecule has 1 saturated heterocycles. The second-order valence-corrected chi connectivity index (χ2v) is 5.37. The summed E-state index contributed by atoms with van der Waals surface area (Å²) in [4.78, 5) is 6.19. The highest BCUT2D eigenvalue weighted by Gasteiger charge is 2.32. The van der Waals surface area contributed by atoms with Crippen molar-refractivity contribution in [3.05, 3.63) is 47.6 Å². The highest BCUT2D eigenvalue weighted by atomic mass is 19.1. The van der Waals surface area contributed by atoms with Crippen molar-refractivity contribution in [3.63, 3.8) is 0 Å². The predicted molar refractivity (Wildman–Crippen MR) is 74.3 cm³/mol. The van der Waals surface area contributed by atoms with Crippen LogP contribution in [0.1, 0.15) is 23.7 Å². The molecule has 0 bridgehead atoms. The first-order valence-electron chi connectivity index (χ1n) is 7.09.